The molecule has 0 saturated carbocycles. The van der Waals surface area contributed by atoms with Gasteiger partial charge in [-0.15, -0.1) is 0 Å². The number of hydrogen-bond acceptors (Lipinski definition) is 3. The van der Waals surface area contributed by atoms with Gasteiger partial charge >= 0.3 is 0 Å². The van der Waals surface area contributed by atoms with Gasteiger partial charge in [0.2, 0.25) is 5.91 Å². The molecule has 2 aromatic rings. The fourth-order valence-electron chi connectivity index (χ4n) is 3.06. The van der Waals surface area contributed by atoms with Gasteiger partial charge in [0.15, 0.2) is 0 Å². The predicted molar refractivity (Wildman–Crippen MR) is 94.8 cm³/mol. The van der Waals surface area contributed by atoms with Gasteiger partial charge in [0.25, 0.3) is 5.91 Å². The summed E-state index contributed by atoms with van der Waals surface area (Å²) in [5.74, 6) is -0.968. The first-order valence-corrected chi connectivity index (χ1v) is 8.42. The minimum Gasteiger partial charge on any atom is -0.339 e. The van der Waals surface area contributed by atoms with Crippen LogP contribution in [0.5, 0.6) is 0 Å². The van der Waals surface area contributed by atoms with Gasteiger partial charge in [-0.05, 0) is 49.2 Å². The fraction of sp³-hybridized carbons (Fsp3) is 0.250. The maximum atomic E-state index is 13.3. The second-order valence-corrected chi connectivity index (χ2v) is 6.26. The number of carbonyl (C=O) groups excluding carboxylic acids is 2. The summed E-state index contributed by atoms with van der Waals surface area (Å²) in [6.45, 7) is 0.900. The number of carbonyl (C=O) groups is 2. The third kappa shape index (κ3) is 4.06. The summed E-state index contributed by atoms with van der Waals surface area (Å²) in [6.07, 6.45) is 1.09. The number of benzene rings is 2. The lowest BCUT2D eigenvalue weighted by molar-refractivity contribution is -0.121. The van der Waals surface area contributed by atoms with Crippen LogP contribution in [-0.2, 0) is 4.79 Å². The first-order valence-electron chi connectivity index (χ1n) is 8.42. The van der Waals surface area contributed by atoms with Gasteiger partial charge in [0.1, 0.15) is 5.82 Å². The van der Waals surface area contributed by atoms with Gasteiger partial charge in [-0.2, -0.15) is 5.26 Å². The van der Waals surface area contributed by atoms with E-state index in [2.05, 4.69) is 5.32 Å². The van der Waals surface area contributed by atoms with Gasteiger partial charge in [-0.1, -0.05) is 12.1 Å². The summed E-state index contributed by atoms with van der Waals surface area (Å²) in [6, 6.07) is 14.4. The standard InChI is InChI=1S/C20H18FN3O2/c21-17-5-2-4-16(12-17)20(26)24-9-7-15(8-10-24)19(25)23-18-6-1-3-14(11-18)13-22/h1-6,11-12,15H,7-10H2,(H,23,25). The van der Waals surface area contributed by atoms with Crippen LogP contribution in [0.4, 0.5) is 10.1 Å². The molecular formula is C20H18FN3O2. The van der Waals surface area contributed by atoms with Crippen LogP contribution < -0.4 is 5.32 Å². The van der Waals surface area contributed by atoms with Crippen LogP contribution in [0.25, 0.3) is 0 Å². The van der Waals surface area contributed by atoms with Crippen molar-refractivity contribution < 1.29 is 14.0 Å². The number of piperidine rings is 1. The van der Waals surface area contributed by atoms with Crippen LogP contribution in [0, 0.1) is 23.1 Å². The third-order valence-electron chi connectivity index (χ3n) is 4.48. The van der Waals surface area contributed by atoms with Crippen LogP contribution in [0.2, 0.25) is 0 Å². The minimum absolute atomic E-state index is 0.113. The number of nitrogens with one attached hydrogen (secondary N) is 1. The number of nitriles is 1. The van der Waals surface area contributed by atoms with E-state index in [1.165, 1.54) is 18.2 Å². The first kappa shape index (κ1) is 17.6. The van der Waals surface area contributed by atoms with E-state index < -0.39 is 5.82 Å². The van der Waals surface area contributed by atoms with Crippen molar-refractivity contribution >= 4 is 17.5 Å². The predicted octanol–water partition coefficient (Wildman–Crippen LogP) is 3.19. The van der Waals surface area contributed by atoms with E-state index in [0.717, 1.165) is 0 Å². The lowest BCUT2D eigenvalue weighted by Gasteiger charge is -2.31. The number of halogens is 1. The molecule has 0 unspecified atom stereocenters. The molecule has 1 fully saturated rings. The molecule has 2 amide bonds. The van der Waals surface area contributed by atoms with E-state index in [-0.39, 0.29) is 17.7 Å². The SMILES string of the molecule is N#Cc1cccc(NC(=O)C2CCN(C(=O)c3cccc(F)c3)CC2)c1. The summed E-state index contributed by atoms with van der Waals surface area (Å²) in [5, 5.41) is 11.7. The van der Waals surface area contributed by atoms with E-state index in [4.69, 9.17) is 5.26 Å². The molecule has 1 N–H and O–H groups in total. The second kappa shape index (κ2) is 7.79. The quantitative estimate of drug-likeness (QED) is 0.923. The average molecular weight is 351 g/mol. The Bertz CT molecular complexity index is 867. The Balaban J connectivity index is 1.57. The number of likely N-dealkylation sites (tertiary alicyclic amines) is 1. The zero-order valence-electron chi connectivity index (χ0n) is 14.1. The maximum Gasteiger partial charge on any atom is 0.253 e. The topological polar surface area (TPSA) is 73.2 Å². The van der Waals surface area contributed by atoms with Crippen molar-refractivity contribution in [1.29, 1.82) is 5.26 Å². The molecule has 0 aliphatic carbocycles. The highest BCUT2D eigenvalue weighted by Gasteiger charge is 2.28. The van der Waals surface area contributed by atoms with Gasteiger partial charge in [0.05, 0.1) is 11.6 Å². The Hall–Kier alpha value is -3.20. The molecule has 0 spiro atoms. The van der Waals surface area contributed by atoms with Crippen molar-refractivity contribution in [3.8, 4) is 6.07 Å². The summed E-state index contributed by atoms with van der Waals surface area (Å²) >= 11 is 0. The van der Waals surface area contributed by atoms with E-state index in [1.54, 1.807) is 35.2 Å². The number of hydrogen-bond donors (Lipinski definition) is 1. The largest absolute Gasteiger partial charge is 0.339 e. The molecule has 2 aromatic carbocycles. The van der Waals surface area contributed by atoms with Crippen molar-refractivity contribution in [2.75, 3.05) is 18.4 Å². The molecule has 1 aliphatic heterocycles. The van der Waals surface area contributed by atoms with Gasteiger partial charge in [-0.3, -0.25) is 9.59 Å². The van der Waals surface area contributed by atoms with E-state index >= 15 is 0 Å². The van der Waals surface area contributed by atoms with Crippen LogP contribution in [0.3, 0.4) is 0 Å². The minimum atomic E-state index is -0.440. The molecular weight excluding hydrogens is 333 g/mol. The Kier molecular flexibility index (Phi) is 5.28. The third-order valence-corrected chi connectivity index (χ3v) is 4.48. The first-order chi connectivity index (χ1) is 12.6. The highest BCUT2D eigenvalue weighted by molar-refractivity contribution is 5.95. The molecule has 0 radical (unpaired) electrons. The highest BCUT2D eigenvalue weighted by Crippen LogP contribution is 2.21. The van der Waals surface area contributed by atoms with Crippen LogP contribution in [-0.4, -0.2) is 29.8 Å². The van der Waals surface area contributed by atoms with Crippen LogP contribution >= 0.6 is 0 Å². The van der Waals surface area contributed by atoms with Crippen LogP contribution in [0.1, 0.15) is 28.8 Å². The molecule has 6 heteroatoms. The smallest absolute Gasteiger partial charge is 0.253 e. The Labute approximate surface area is 151 Å². The molecule has 0 bridgehead atoms. The number of rotatable bonds is 3. The van der Waals surface area contributed by atoms with Crippen molar-refractivity contribution in [1.82, 2.24) is 4.90 Å². The van der Waals surface area contributed by atoms with Crippen molar-refractivity contribution in [3.63, 3.8) is 0 Å². The zero-order chi connectivity index (χ0) is 18.5. The average Bonchev–Trinajstić information content (AvgIpc) is 2.67. The summed E-state index contributed by atoms with van der Waals surface area (Å²) in [7, 11) is 0. The summed E-state index contributed by atoms with van der Waals surface area (Å²) in [5.41, 5.74) is 1.40. The molecule has 0 atom stereocenters. The Morgan fingerprint density at radius 2 is 1.85 bits per heavy atom. The second-order valence-electron chi connectivity index (χ2n) is 6.26. The molecule has 3 rings (SSSR count). The molecule has 132 valence electrons. The van der Waals surface area contributed by atoms with Crippen molar-refractivity contribution in [2.24, 2.45) is 5.92 Å². The Morgan fingerprint density at radius 3 is 2.54 bits per heavy atom. The summed E-state index contributed by atoms with van der Waals surface area (Å²) in [4.78, 5) is 26.5. The molecule has 1 saturated heterocycles. The molecule has 1 heterocycles. The number of amides is 2. The van der Waals surface area contributed by atoms with Gasteiger partial charge in [-0.25, -0.2) is 4.39 Å². The maximum absolute atomic E-state index is 13.3. The van der Waals surface area contributed by atoms with Crippen LogP contribution in [0.15, 0.2) is 48.5 Å². The number of anilines is 1. The fourth-order valence-corrected chi connectivity index (χ4v) is 3.06. The van der Waals surface area contributed by atoms with E-state index in [9.17, 15) is 14.0 Å². The van der Waals surface area contributed by atoms with Crippen molar-refractivity contribution in [3.05, 3.63) is 65.5 Å². The van der Waals surface area contributed by atoms with E-state index in [0.29, 0.717) is 42.7 Å². The lowest BCUT2D eigenvalue weighted by atomic mass is 9.95. The Morgan fingerprint density at radius 1 is 1.12 bits per heavy atom. The molecule has 0 aromatic heterocycles. The molecule has 5 nitrogen and oxygen atoms in total. The van der Waals surface area contributed by atoms with Crippen molar-refractivity contribution in [2.45, 2.75) is 12.8 Å². The highest BCUT2D eigenvalue weighted by atomic mass is 19.1. The van der Waals surface area contributed by atoms with Gasteiger partial charge in [0, 0.05) is 30.3 Å². The normalized spacial score (nSPS) is 14.5. The zero-order valence-corrected chi connectivity index (χ0v) is 14.1. The molecule has 1 aliphatic rings. The number of nitrogens with zero attached hydrogens (tertiary/aromatic N) is 2. The van der Waals surface area contributed by atoms with Gasteiger partial charge < -0.3 is 10.2 Å². The lowest BCUT2D eigenvalue weighted by Crippen LogP contribution is -2.41. The monoisotopic (exact) mass is 351 g/mol. The van der Waals surface area contributed by atoms with E-state index in [1.807, 2.05) is 6.07 Å². The molecule has 26 heavy (non-hydrogen) atoms. The summed E-state index contributed by atoms with van der Waals surface area (Å²) < 4.78 is 13.3.